The van der Waals surface area contributed by atoms with E-state index in [1.54, 1.807) is 54.6 Å². The molecule has 2 aromatic carbocycles. The maximum absolute atomic E-state index is 13.4. The van der Waals surface area contributed by atoms with Gasteiger partial charge in [-0.25, -0.2) is 9.59 Å². The smallest absolute Gasteiger partial charge is 0.349 e. The highest BCUT2D eigenvalue weighted by Crippen LogP contribution is 2.30. The second-order valence-electron chi connectivity index (χ2n) is 7.82. The van der Waals surface area contributed by atoms with E-state index in [1.165, 1.54) is 35.8 Å². The Hall–Kier alpha value is -4.29. The Morgan fingerprint density at radius 1 is 0.947 bits per heavy atom. The summed E-state index contributed by atoms with van der Waals surface area (Å²) in [5.74, 6) is 0.218. The van der Waals surface area contributed by atoms with Crippen LogP contribution < -0.4 is 14.2 Å². The van der Waals surface area contributed by atoms with Crippen LogP contribution in [0.1, 0.15) is 21.0 Å². The van der Waals surface area contributed by atoms with Gasteiger partial charge in [-0.05, 0) is 41.8 Å². The maximum atomic E-state index is 13.4. The maximum Gasteiger partial charge on any atom is 0.349 e. The number of methoxy groups -OCH3 is 2. The Kier molecular flexibility index (Phi) is 8.34. The van der Waals surface area contributed by atoms with E-state index in [2.05, 4.69) is 10.1 Å². The number of hydrogen-bond donors (Lipinski definition) is 1. The number of furan rings is 1. The van der Waals surface area contributed by atoms with Crippen LogP contribution in [0.15, 0.2) is 87.7 Å². The van der Waals surface area contributed by atoms with Gasteiger partial charge in [0.1, 0.15) is 27.0 Å². The molecule has 0 unspecified atom stereocenters. The standard InChI is InChI=1S/C26H24N2O8S2/c1-33-22-12-6-4-10-20(22)27-26(30)28(17-19-9-7-14-35-19)16-18-8-3-5-11-21(18)36-38(31,32)23-13-15-37-24(23)25(29)34-2/h3-15H,16-17H2,1-2H3,(H,27,30). The van der Waals surface area contributed by atoms with Gasteiger partial charge in [-0.1, -0.05) is 30.3 Å². The molecule has 2 aromatic heterocycles. The minimum atomic E-state index is -4.39. The number of amides is 2. The van der Waals surface area contributed by atoms with Crippen molar-refractivity contribution in [1.82, 2.24) is 4.90 Å². The van der Waals surface area contributed by atoms with Crippen molar-refractivity contribution in [1.29, 1.82) is 0 Å². The second kappa shape index (κ2) is 11.8. The quantitative estimate of drug-likeness (QED) is 0.210. The number of nitrogens with zero attached hydrogens (tertiary/aromatic N) is 1. The lowest BCUT2D eigenvalue weighted by molar-refractivity contribution is 0.0602. The third kappa shape index (κ3) is 6.15. The number of thiophene rings is 1. The summed E-state index contributed by atoms with van der Waals surface area (Å²) in [5.41, 5.74) is 0.872. The molecule has 0 fully saturated rings. The van der Waals surface area contributed by atoms with E-state index in [0.717, 1.165) is 18.4 Å². The number of nitrogens with one attached hydrogen (secondary N) is 1. The van der Waals surface area contributed by atoms with Crippen LogP contribution in [0, 0.1) is 0 Å². The summed E-state index contributed by atoms with van der Waals surface area (Å²) >= 11 is 0.929. The lowest BCUT2D eigenvalue weighted by atomic mass is 10.2. The van der Waals surface area contributed by atoms with Gasteiger partial charge < -0.3 is 28.3 Å². The molecule has 198 valence electrons. The summed E-state index contributed by atoms with van der Waals surface area (Å²) in [7, 11) is -1.72. The van der Waals surface area contributed by atoms with Gasteiger partial charge in [0, 0.05) is 5.56 Å². The van der Waals surface area contributed by atoms with E-state index in [-0.39, 0.29) is 28.6 Å². The highest BCUT2D eigenvalue weighted by molar-refractivity contribution is 7.87. The zero-order valence-electron chi connectivity index (χ0n) is 20.4. The van der Waals surface area contributed by atoms with Crippen molar-refractivity contribution in [2.75, 3.05) is 19.5 Å². The third-order valence-electron chi connectivity index (χ3n) is 5.37. The number of ether oxygens (including phenoxy) is 2. The number of hydrogen-bond acceptors (Lipinski definition) is 9. The fraction of sp³-hybridized carbons (Fsp3) is 0.154. The molecule has 10 nitrogen and oxygen atoms in total. The van der Waals surface area contributed by atoms with E-state index < -0.39 is 22.1 Å². The molecule has 2 heterocycles. The lowest BCUT2D eigenvalue weighted by Crippen LogP contribution is -2.34. The lowest BCUT2D eigenvalue weighted by Gasteiger charge is -2.24. The first-order valence-electron chi connectivity index (χ1n) is 11.2. The van der Waals surface area contributed by atoms with Crippen LogP contribution in [-0.2, 0) is 27.9 Å². The number of carbonyl (C=O) groups excluding carboxylic acids is 2. The molecule has 2 amide bonds. The predicted molar refractivity (Wildman–Crippen MR) is 140 cm³/mol. The van der Waals surface area contributed by atoms with Gasteiger partial charge in [-0.3, -0.25) is 0 Å². The summed E-state index contributed by atoms with van der Waals surface area (Å²) in [6, 6.07) is 17.6. The average molecular weight is 557 g/mol. The Morgan fingerprint density at radius 2 is 1.68 bits per heavy atom. The zero-order chi connectivity index (χ0) is 27.1. The second-order valence-corrected chi connectivity index (χ2v) is 10.2. The molecule has 0 aliphatic heterocycles. The number of para-hydroxylation sites is 3. The first-order chi connectivity index (χ1) is 18.3. The van der Waals surface area contributed by atoms with Gasteiger partial charge in [-0.2, -0.15) is 8.42 Å². The highest BCUT2D eigenvalue weighted by atomic mass is 32.2. The molecule has 0 spiro atoms. The molecule has 0 aliphatic carbocycles. The van der Waals surface area contributed by atoms with Crippen molar-refractivity contribution in [3.8, 4) is 11.5 Å². The average Bonchev–Trinajstić information content (AvgIpc) is 3.62. The van der Waals surface area contributed by atoms with E-state index in [4.69, 9.17) is 13.3 Å². The molecule has 0 aliphatic rings. The minimum Gasteiger partial charge on any atom is -0.495 e. The number of esters is 1. The van der Waals surface area contributed by atoms with Gasteiger partial charge in [0.05, 0.1) is 39.3 Å². The van der Waals surface area contributed by atoms with Crippen molar-refractivity contribution in [2.24, 2.45) is 0 Å². The van der Waals surface area contributed by atoms with Crippen molar-refractivity contribution in [3.05, 3.63) is 94.6 Å². The van der Waals surface area contributed by atoms with Crippen LogP contribution in [-0.4, -0.2) is 39.5 Å². The van der Waals surface area contributed by atoms with E-state index in [1.807, 2.05) is 0 Å². The molecule has 4 aromatic rings. The van der Waals surface area contributed by atoms with Gasteiger partial charge >= 0.3 is 22.1 Å². The molecular formula is C26H24N2O8S2. The minimum absolute atomic E-state index is 0.00375. The van der Waals surface area contributed by atoms with Gasteiger partial charge in [0.25, 0.3) is 0 Å². The van der Waals surface area contributed by atoms with Crippen molar-refractivity contribution in [3.63, 3.8) is 0 Å². The van der Waals surface area contributed by atoms with Crippen molar-refractivity contribution >= 4 is 39.1 Å². The molecule has 38 heavy (non-hydrogen) atoms. The summed E-state index contributed by atoms with van der Waals surface area (Å²) < 4.78 is 47.1. The van der Waals surface area contributed by atoms with Crippen LogP contribution in [0.3, 0.4) is 0 Å². The fourth-order valence-electron chi connectivity index (χ4n) is 3.55. The Morgan fingerprint density at radius 3 is 2.39 bits per heavy atom. The molecule has 0 saturated heterocycles. The largest absolute Gasteiger partial charge is 0.495 e. The zero-order valence-corrected chi connectivity index (χ0v) is 22.1. The fourth-order valence-corrected chi connectivity index (χ4v) is 5.83. The first kappa shape index (κ1) is 26.8. The molecule has 12 heteroatoms. The molecule has 0 bridgehead atoms. The van der Waals surface area contributed by atoms with Crippen molar-refractivity contribution < 1.29 is 36.1 Å². The summed E-state index contributed by atoms with van der Waals surface area (Å²) in [6.45, 7) is 0.0625. The van der Waals surface area contributed by atoms with E-state index in [9.17, 15) is 18.0 Å². The molecule has 4 rings (SSSR count). The van der Waals surface area contributed by atoms with Crippen LogP contribution >= 0.6 is 11.3 Å². The number of rotatable bonds is 10. The predicted octanol–water partition coefficient (Wildman–Crippen LogP) is 5.14. The Bertz CT molecular complexity index is 1510. The first-order valence-corrected chi connectivity index (χ1v) is 13.5. The number of benzene rings is 2. The number of anilines is 1. The van der Waals surface area contributed by atoms with Crippen LogP contribution in [0.25, 0.3) is 0 Å². The van der Waals surface area contributed by atoms with Gasteiger partial charge in [0.2, 0.25) is 0 Å². The molecule has 0 saturated carbocycles. The molecule has 0 atom stereocenters. The van der Waals surface area contributed by atoms with Crippen LogP contribution in [0.2, 0.25) is 0 Å². The van der Waals surface area contributed by atoms with E-state index >= 15 is 0 Å². The summed E-state index contributed by atoms with van der Waals surface area (Å²) in [6.07, 6.45) is 1.50. The van der Waals surface area contributed by atoms with Gasteiger partial charge in [0.15, 0.2) is 0 Å². The third-order valence-corrected chi connectivity index (χ3v) is 7.67. The van der Waals surface area contributed by atoms with E-state index in [0.29, 0.717) is 22.8 Å². The Labute approximate surface area is 223 Å². The summed E-state index contributed by atoms with van der Waals surface area (Å²) in [5, 5.41) is 4.28. The monoisotopic (exact) mass is 556 g/mol. The normalized spacial score (nSPS) is 11.0. The highest BCUT2D eigenvalue weighted by Gasteiger charge is 2.28. The molecule has 0 radical (unpaired) electrons. The number of urea groups is 1. The summed E-state index contributed by atoms with van der Waals surface area (Å²) in [4.78, 5) is 26.4. The van der Waals surface area contributed by atoms with Gasteiger partial charge in [-0.15, -0.1) is 11.3 Å². The molecule has 1 N–H and O–H groups in total. The van der Waals surface area contributed by atoms with Crippen molar-refractivity contribution in [2.45, 2.75) is 18.0 Å². The van der Waals surface area contributed by atoms with Crippen LogP contribution in [0.4, 0.5) is 10.5 Å². The number of carbonyl (C=O) groups is 2. The SMILES string of the molecule is COC(=O)c1sccc1S(=O)(=O)Oc1ccccc1CN(Cc1ccco1)C(=O)Nc1ccccc1OC. The Balaban J connectivity index is 1.62. The topological polar surface area (TPSA) is 124 Å². The molecular weight excluding hydrogens is 532 g/mol. The van der Waals surface area contributed by atoms with Crippen LogP contribution in [0.5, 0.6) is 11.5 Å².